The SMILES string of the molecule is CC1CCCN(C(N)=NCCS(=O)(=O)c2ccc([N+](=O)[O-])cc2)C1.I. The van der Waals surface area contributed by atoms with Crippen LogP contribution < -0.4 is 5.73 Å². The van der Waals surface area contributed by atoms with Gasteiger partial charge in [0.25, 0.3) is 5.69 Å². The summed E-state index contributed by atoms with van der Waals surface area (Å²) in [6, 6.07) is 4.85. The maximum absolute atomic E-state index is 12.2. The van der Waals surface area contributed by atoms with Crippen molar-refractivity contribution in [1.82, 2.24) is 4.90 Å². The van der Waals surface area contributed by atoms with E-state index in [1.54, 1.807) is 0 Å². The van der Waals surface area contributed by atoms with Crippen molar-refractivity contribution in [3.63, 3.8) is 0 Å². The van der Waals surface area contributed by atoms with E-state index in [9.17, 15) is 18.5 Å². The van der Waals surface area contributed by atoms with Gasteiger partial charge in [0.05, 0.1) is 22.1 Å². The number of hydrogen-bond donors (Lipinski definition) is 1. The minimum absolute atomic E-state index is 0. The number of halogens is 1. The van der Waals surface area contributed by atoms with E-state index in [-0.39, 0.29) is 46.9 Å². The van der Waals surface area contributed by atoms with Gasteiger partial charge in [0, 0.05) is 25.2 Å². The van der Waals surface area contributed by atoms with Gasteiger partial charge in [-0.3, -0.25) is 15.1 Å². The van der Waals surface area contributed by atoms with E-state index in [1.807, 2.05) is 4.90 Å². The van der Waals surface area contributed by atoms with Gasteiger partial charge in [-0.15, -0.1) is 24.0 Å². The largest absolute Gasteiger partial charge is 0.370 e. The van der Waals surface area contributed by atoms with Crippen LogP contribution in [0.5, 0.6) is 0 Å². The molecule has 1 atom stereocenters. The summed E-state index contributed by atoms with van der Waals surface area (Å²) in [4.78, 5) is 16.2. The van der Waals surface area contributed by atoms with Crippen molar-refractivity contribution in [3.05, 3.63) is 34.4 Å². The number of nitrogens with zero attached hydrogens (tertiary/aromatic N) is 3. The van der Waals surface area contributed by atoms with Crippen LogP contribution in [0.4, 0.5) is 5.69 Å². The number of likely N-dealkylation sites (tertiary alicyclic amines) is 1. The third-order valence-corrected chi connectivity index (χ3v) is 5.73. The number of benzene rings is 1. The first kappa shape index (κ1) is 21.6. The number of hydrogen-bond acceptors (Lipinski definition) is 5. The van der Waals surface area contributed by atoms with Gasteiger partial charge in [0.2, 0.25) is 0 Å². The van der Waals surface area contributed by atoms with E-state index < -0.39 is 14.8 Å². The molecule has 1 aliphatic rings. The molecule has 0 aliphatic carbocycles. The molecule has 2 rings (SSSR count). The molecule has 25 heavy (non-hydrogen) atoms. The molecule has 0 bridgehead atoms. The molecule has 0 aromatic heterocycles. The van der Waals surface area contributed by atoms with Crippen molar-refractivity contribution in [2.45, 2.75) is 24.7 Å². The molecule has 0 spiro atoms. The Morgan fingerprint density at radius 3 is 2.60 bits per heavy atom. The van der Waals surface area contributed by atoms with Gasteiger partial charge in [-0.25, -0.2) is 8.42 Å². The first-order chi connectivity index (χ1) is 11.3. The van der Waals surface area contributed by atoms with Crippen LogP contribution in [0.1, 0.15) is 19.8 Å². The van der Waals surface area contributed by atoms with E-state index in [2.05, 4.69) is 11.9 Å². The monoisotopic (exact) mass is 482 g/mol. The summed E-state index contributed by atoms with van der Waals surface area (Å²) in [5, 5.41) is 10.6. The lowest BCUT2D eigenvalue weighted by Crippen LogP contribution is -2.43. The average molecular weight is 482 g/mol. The molecule has 8 nitrogen and oxygen atoms in total. The standard InChI is InChI=1S/C15H22N4O4S.HI/c1-12-3-2-9-18(11-12)15(16)17-8-10-24(22,23)14-6-4-13(5-7-14)19(20)21;/h4-7,12H,2-3,8-11H2,1H3,(H2,16,17);1H. The van der Waals surface area contributed by atoms with Crippen molar-refractivity contribution < 1.29 is 13.3 Å². The summed E-state index contributed by atoms with van der Waals surface area (Å²) in [5.74, 6) is 0.742. The fraction of sp³-hybridized carbons (Fsp3) is 0.533. The van der Waals surface area contributed by atoms with Crippen molar-refractivity contribution in [3.8, 4) is 0 Å². The van der Waals surface area contributed by atoms with Crippen LogP contribution in [0.2, 0.25) is 0 Å². The summed E-state index contributed by atoms with van der Waals surface area (Å²) in [6.07, 6.45) is 2.22. The maximum atomic E-state index is 12.2. The van der Waals surface area contributed by atoms with E-state index >= 15 is 0 Å². The molecule has 2 N–H and O–H groups in total. The normalized spacial score (nSPS) is 18.5. The molecule has 1 aromatic carbocycles. The Hall–Kier alpha value is -1.43. The Morgan fingerprint density at radius 1 is 1.40 bits per heavy atom. The highest BCUT2D eigenvalue weighted by Gasteiger charge is 2.19. The second kappa shape index (κ2) is 9.32. The zero-order chi connectivity index (χ0) is 17.7. The van der Waals surface area contributed by atoms with Gasteiger partial charge in [0.15, 0.2) is 15.8 Å². The van der Waals surface area contributed by atoms with Crippen LogP contribution in [0.3, 0.4) is 0 Å². The van der Waals surface area contributed by atoms with Gasteiger partial charge in [0.1, 0.15) is 0 Å². The Balaban J connectivity index is 0.00000312. The predicted molar refractivity (Wildman–Crippen MR) is 107 cm³/mol. The Kier molecular flexibility index (Phi) is 8.06. The molecule has 1 aliphatic heterocycles. The third kappa shape index (κ3) is 6.10. The van der Waals surface area contributed by atoms with Crippen LogP contribution in [0.15, 0.2) is 34.2 Å². The highest BCUT2D eigenvalue weighted by molar-refractivity contribution is 14.0. The number of sulfone groups is 1. The number of nitro benzene ring substituents is 1. The van der Waals surface area contributed by atoms with Crippen molar-refractivity contribution in [2.24, 2.45) is 16.6 Å². The lowest BCUT2D eigenvalue weighted by atomic mass is 10.0. The molecule has 0 amide bonds. The van der Waals surface area contributed by atoms with Crippen LogP contribution in [-0.4, -0.2) is 49.6 Å². The fourth-order valence-electron chi connectivity index (χ4n) is 2.67. The number of guanidine groups is 1. The Bertz CT molecular complexity index is 722. The molecule has 1 saturated heterocycles. The summed E-state index contributed by atoms with van der Waals surface area (Å²) >= 11 is 0. The van der Waals surface area contributed by atoms with E-state index in [0.717, 1.165) is 25.9 Å². The molecular formula is C15H23IN4O4S. The lowest BCUT2D eigenvalue weighted by molar-refractivity contribution is -0.384. The summed E-state index contributed by atoms with van der Waals surface area (Å²) in [5.41, 5.74) is 5.79. The molecular weight excluding hydrogens is 459 g/mol. The Morgan fingerprint density at radius 2 is 2.04 bits per heavy atom. The second-order valence-corrected chi connectivity index (χ2v) is 8.11. The molecule has 1 fully saturated rings. The summed E-state index contributed by atoms with van der Waals surface area (Å²) < 4.78 is 24.5. The minimum atomic E-state index is -3.54. The Labute approximate surface area is 164 Å². The van der Waals surface area contributed by atoms with Crippen molar-refractivity contribution in [1.29, 1.82) is 0 Å². The number of nitrogens with two attached hydrogens (primary N) is 1. The van der Waals surface area contributed by atoms with Crippen LogP contribution in [0, 0.1) is 16.0 Å². The maximum Gasteiger partial charge on any atom is 0.269 e. The molecule has 0 saturated carbocycles. The molecule has 1 unspecified atom stereocenters. The third-order valence-electron chi connectivity index (χ3n) is 4.02. The van der Waals surface area contributed by atoms with Crippen LogP contribution in [-0.2, 0) is 9.84 Å². The van der Waals surface area contributed by atoms with E-state index in [1.165, 1.54) is 24.3 Å². The lowest BCUT2D eigenvalue weighted by Gasteiger charge is -2.31. The first-order valence-electron chi connectivity index (χ1n) is 7.81. The van der Waals surface area contributed by atoms with Crippen LogP contribution >= 0.6 is 24.0 Å². The first-order valence-corrected chi connectivity index (χ1v) is 9.47. The summed E-state index contributed by atoms with van der Waals surface area (Å²) in [6.45, 7) is 3.90. The van der Waals surface area contributed by atoms with Crippen LogP contribution in [0.25, 0.3) is 0 Å². The highest BCUT2D eigenvalue weighted by atomic mass is 127. The van der Waals surface area contributed by atoms with Gasteiger partial charge < -0.3 is 10.6 Å². The molecule has 0 radical (unpaired) electrons. The van der Waals surface area contributed by atoms with E-state index in [4.69, 9.17) is 5.73 Å². The predicted octanol–water partition coefficient (Wildman–Crippen LogP) is 2.03. The zero-order valence-corrected chi connectivity index (χ0v) is 17.1. The topological polar surface area (TPSA) is 119 Å². The number of nitro groups is 1. The molecule has 140 valence electrons. The second-order valence-electron chi connectivity index (χ2n) is 6.00. The fourth-order valence-corrected chi connectivity index (χ4v) is 3.79. The van der Waals surface area contributed by atoms with Gasteiger partial charge in [-0.05, 0) is 30.9 Å². The minimum Gasteiger partial charge on any atom is -0.370 e. The number of aliphatic imine (C=N–C) groups is 1. The van der Waals surface area contributed by atoms with Gasteiger partial charge >= 0.3 is 0 Å². The summed E-state index contributed by atoms with van der Waals surface area (Å²) in [7, 11) is -3.54. The van der Waals surface area contributed by atoms with Crippen molar-refractivity contribution in [2.75, 3.05) is 25.4 Å². The number of non-ortho nitro benzene ring substituents is 1. The van der Waals surface area contributed by atoms with Crippen molar-refractivity contribution >= 4 is 45.5 Å². The highest BCUT2D eigenvalue weighted by Crippen LogP contribution is 2.17. The number of piperidine rings is 1. The van der Waals surface area contributed by atoms with Gasteiger partial charge in [-0.2, -0.15) is 0 Å². The quantitative estimate of drug-likeness (QED) is 0.226. The number of rotatable bonds is 5. The molecule has 10 heteroatoms. The zero-order valence-electron chi connectivity index (χ0n) is 14.0. The smallest absolute Gasteiger partial charge is 0.269 e. The molecule has 1 heterocycles. The molecule has 1 aromatic rings. The van der Waals surface area contributed by atoms with E-state index in [0.29, 0.717) is 11.9 Å². The average Bonchev–Trinajstić information content (AvgIpc) is 2.54. The van der Waals surface area contributed by atoms with Gasteiger partial charge in [-0.1, -0.05) is 6.92 Å².